The zero-order chi connectivity index (χ0) is 19.8. The van der Waals surface area contributed by atoms with Crippen molar-refractivity contribution in [3.63, 3.8) is 0 Å². The number of carbonyl (C=O) groups is 2. The highest BCUT2D eigenvalue weighted by molar-refractivity contribution is 6.33. The van der Waals surface area contributed by atoms with E-state index in [2.05, 4.69) is 0 Å². The number of rotatable bonds is 3. The van der Waals surface area contributed by atoms with Crippen molar-refractivity contribution >= 4 is 23.5 Å². The number of carbonyl (C=O) groups excluding carboxylic acids is 2. The Morgan fingerprint density at radius 3 is 2.48 bits per heavy atom. The Kier molecular flexibility index (Phi) is 5.29. The van der Waals surface area contributed by atoms with E-state index in [9.17, 15) is 9.59 Å². The summed E-state index contributed by atoms with van der Waals surface area (Å²) in [6.45, 7) is 6.05. The fourth-order valence-electron chi connectivity index (χ4n) is 3.77. The number of fused-ring (bicyclic) bond motifs is 1. The van der Waals surface area contributed by atoms with Crippen LogP contribution in [0.4, 0.5) is 0 Å². The monoisotopic (exact) mass is 385 g/mol. The molecule has 1 aliphatic rings. The number of esters is 1. The van der Waals surface area contributed by atoms with Gasteiger partial charge < -0.3 is 9.64 Å². The summed E-state index contributed by atoms with van der Waals surface area (Å²) in [4.78, 5) is 27.3. The quantitative estimate of drug-likeness (QED) is 0.694. The molecule has 0 fully saturated rings. The number of ether oxygens (including phenoxy) is 1. The first-order valence-electron chi connectivity index (χ1n) is 9.03. The molecule has 1 aliphatic carbocycles. The standard InChI is InChI=1S/C22H24ClNO3/c1-22(2,3)24(20(25)16-7-5-6-8-18(16)23)19-12-11-14-9-10-15(13-17(14)19)21(26)27-4/h5-10,13,19H,11-12H2,1-4H3/t19-/m1/s1. The minimum Gasteiger partial charge on any atom is -0.465 e. The maximum absolute atomic E-state index is 13.4. The SMILES string of the molecule is COC(=O)c1ccc2c(c1)[C@H](N(C(=O)c1ccccc1Cl)C(C)(C)C)CC2. The molecule has 0 aliphatic heterocycles. The Balaban J connectivity index is 2.06. The summed E-state index contributed by atoms with van der Waals surface area (Å²) in [5, 5.41) is 0.443. The van der Waals surface area contributed by atoms with Crippen molar-refractivity contribution in [3.05, 3.63) is 69.7 Å². The number of hydrogen-bond donors (Lipinski definition) is 0. The fraction of sp³-hybridized carbons (Fsp3) is 0.364. The maximum atomic E-state index is 13.4. The van der Waals surface area contributed by atoms with E-state index in [0.29, 0.717) is 16.1 Å². The van der Waals surface area contributed by atoms with Crippen LogP contribution in [0, 0.1) is 0 Å². The lowest BCUT2D eigenvalue weighted by molar-refractivity contribution is 0.0435. The third-order valence-corrected chi connectivity index (χ3v) is 5.30. The van der Waals surface area contributed by atoms with Gasteiger partial charge in [-0.05, 0) is 69.0 Å². The Bertz CT molecular complexity index is 885. The Labute approximate surface area is 165 Å². The molecule has 0 heterocycles. The van der Waals surface area contributed by atoms with Gasteiger partial charge in [0.05, 0.1) is 29.3 Å². The summed E-state index contributed by atoms with van der Waals surface area (Å²) < 4.78 is 4.85. The van der Waals surface area contributed by atoms with Gasteiger partial charge in [0.1, 0.15) is 0 Å². The molecule has 3 rings (SSSR count). The lowest BCUT2D eigenvalue weighted by atomic mass is 9.96. The second-order valence-corrected chi connectivity index (χ2v) is 8.19. The van der Waals surface area contributed by atoms with Crippen molar-refractivity contribution < 1.29 is 14.3 Å². The molecular formula is C22H24ClNO3. The van der Waals surface area contributed by atoms with Crippen LogP contribution >= 0.6 is 11.6 Å². The van der Waals surface area contributed by atoms with E-state index in [0.717, 1.165) is 24.0 Å². The number of hydrogen-bond acceptors (Lipinski definition) is 3. The lowest BCUT2D eigenvalue weighted by Crippen LogP contribution is -2.47. The average molecular weight is 386 g/mol. The molecule has 0 unspecified atom stereocenters. The molecule has 0 aromatic heterocycles. The van der Waals surface area contributed by atoms with Gasteiger partial charge in [-0.25, -0.2) is 4.79 Å². The van der Waals surface area contributed by atoms with Gasteiger partial charge in [0.15, 0.2) is 0 Å². The molecule has 0 bridgehead atoms. The smallest absolute Gasteiger partial charge is 0.337 e. The fourth-order valence-corrected chi connectivity index (χ4v) is 3.99. The zero-order valence-corrected chi connectivity index (χ0v) is 16.8. The number of aryl methyl sites for hydroxylation is 1. The van der Waals surface area contributed by atoms with Crippen molar-refractivity contribution in [2.45, 2.75) is 45.2 Å². The summed E-state index contributed by atoms with van der Waals surface area (Å²) in [5.41, 5.74) is 2.75. The first kappa shape index (κ1) is 19.4. The van der Waals surface area contributed by atoms with E-state index < -0.39 is 5.54 Å². The van der Waals surface area contributed by atoms with Crippen LogP contribution in [0.1, 0.15) is 65.1 Å². The molecule has 0 radical (unpaired) electrons. The molecule has 0 saturated heterocycles. The van der Waals surface area contributed by atoms with Gasteiger partial charge >= 0.3 is 5.97 Å². The van der Waals surface area contributed by atoms with Crippen molar-refractivity contribution in [2.24, 2.45) is 0 Å². The van der Waals surface area contributed by atoms with Gasteiger partial charge in [-0.1, -0.05) is 29.8 Å². The molecule has 1 amide bonds. The van der Waals surface area contributed by atoms with Crippen molar-refractivity contribution in [2.75, 3.05) is 7.11 Å². The van der Waals surface area contributed by atoms with Gasteiger partial charge in [-0.15, -0.1) is 0 Å². The summed E-state index contributed by atoms with van der Waals surface area (Å²) in [7, 11) is 1.37. The number of benzene rings is 2. The molecular weight excluding hydrogens is 362 g/mol. The second-order valence-electron chi connectivity index (χ2n) is 7.79. The topological polar surface area (TPSA) is 46.6 Å². The van der Waals surface area contributed by atoms with E-state index in [1.807, 2.05) is 49.9 Å². The summed E-state index contributed by atoms with van der Waals surface area (Å²) >= 11 is 6.30. The van der Waals surface area contributed by atoms with E-state index in [1.165, 1.54) is 7.11 Å². The van der Waals surface area contributed by atoms with Crippen LogP contribution in [-0.4, -0.2) is 29.4 Å². The molecule has 27 heavy (non-hydrogen) atoms. The molecule has 142 valence electrons. The Morgan fingerprint density at radius 2 is 1.85 bits per heavy atom. The number of halogens is 1. The van der Waals surface area contributed by atoms with Gasteiger partial charge in [0.25, 0.3) is 5.91 Å². The third kappa shape index (κ3) is 3.72. The van der Waals surface area contributed by atoms with Crippen LogP contribution in [-0.2, 0) is 11.2 Å². The molecule has 0 spiro atoms. The minimum atomic E-state index is -0.413. The summed E-state index contributed by atoms with van der Waals surface area (Å²) in [5.74, 6) is -0.474. The largest absolute Gasteiger partial charge is 0.465 e. The first-order chi connectivity index (χ1) is 12.7. The van der Waals surface area contributed by atoms with E-state index >= 15 is 0 Å². The van der Waals surface area contributed by atoms with E-state index in [-0.39, 0.29) is 17.9 Å². The third-order valence-electron chi connectivity index (χ3n) is 4.97. The van der Waals surface area contributed by atoms with Crippen molar-refractivity contribution in [1.82, 2.24) is 4.90 Å². The number of nitrogens with zero attached hydrogens (tertiary/aromatic N) is 1. The molecule has 5 heteroatoms. The highest BCUT2D eigenvalue weighted by Crippen LogP contribution is 2.41. The van der Waals surface area contributed by atoms with Gasteiger partial charge in [-0.2, -0.15) is 0 Å². The van der Waals surface area contributed by atoms with Crippen LogP contribution in [0.25, 0.3) is 0 Å². The number of methoxy groups -OCH3 is 1. The Morgan fingerprint density at radius 1 is 1.15 bits per heavy atom. The van der Waals surface area contributed by atoms with Crippen LogP contribution in [0.5, 0.6) is 0 Å². The summed E-state index contributed by atoms with van der Waals surface area (Å²) in [6, 6.07) is 12.6. The van der Waals surface area contributed by atoms with Crippen LogP contribution in [0.15, 0.2) is 42.5 Å². The maximum Gasteiger partial charge on any atom is 0.337 e. The highest BCUT2D eigenvalue weighted by atomic mass is 35.5. The van der Waals surface area contributed by atoms with Gasteiger partial charge in [0.2, 0.25) is 0 Å². The van der Waals surface area contributed by atoms with Gasteiger partial charge in [0, 0.05) is 5.54 Å². The van der Waals surface area contributed by atoms with Gasteiger partial charge in [-0.3, -0.25) is 4.79 Å². The Hall–Kier alpha value is -2.33. The first-order valence-corrected chi connectivity index (χ1v) is 9.41. The van der Waals surface area contributed by atoms with Crippen LogP contribution < -0.4 is 0 Å². The molecule has 2 aromatic rings. The summed E-state index contributed by atoms with van der Waals surface area (Å²) in [6.07, 6.45) is 1.68. The number of amides is 1. The van der Waals surface area contributed by atoms with E-state index in [1.54, 1.807) is 18.2 Å². The zero-order valence-electron chi connectivity index (χ0n) is 16.1. The minimum absolute atomic E-state index is 0.102. The van der Waals surface area contributed by atoms with Crippen LogP contribution in [0.2, 0.25) is 5.02 Å². The molecule has 1 atom stereocenters. The molecule has 0 N–H and O–H groups in total. The lowest BCUT2D eigenvalue weighted by Gasteiger charge is -2.41. The predicted octanol–water partition coefficient (Wildman–Crippen LogP) is 5.05. The van der Waals surface area contributed by atoms with Crippen molar-refractivity contribution in [1.29, 1.82) is 0 Å². The molecule has 4 nitrogen and oxygen atoms in total. The van der Waals surface area contributed by atoms with Crippen molar-refractivity contribution in [3.8, 4) is 0 Å². The second kappa shape index (κ2) is 7.35. The highest BCUT2D eigenvalue weighted by Gasteiger charge is 2.38. The predicted molar refractivity (Wildman–Crippen MR) is 106 cm³/mol. The molecule has 0 saturated carbocycles. The molecule has 2 aromatic carbocycles. The normalized spacial score (nSPS) is 16.0. The average Bonchev–Trinajstić information content (AvgIpc) is 3.03. The van der Waals surface area contributed by atoms with E-state index in [4.69, 9.17) is 16.3 Å². The van der Waals surface area contributed by atoms with Crippen LogP contribution in [0.3, 0.4) is 0 Å².